The van der Waals surface area contributed by atoms with Gasteiger partial charge in [-0.15, -0.1) is 0 Å². The van der Waals surface area contributed by atoms with Crippen LogP contribution in [0.4, 0.5) is 57.1 Å². The van der Waals surface area contributed by atoms with Crippen molar-refractivity contribution in [2.45, 2.75) is 35.1 Å². The highest BCUT2D eigenvalue weighted by Crippen LogP contribution is 2.61. The molecule has 0 amide bonds. The number of sulfonamides is 1. The smallest absolute Gasteiger partial charge is 0.314 e. The molecule has 4 nitrogen and oxygen atoms in total. The van der Waals surface area contributed by atoms with Gasteiger partial charge in [0.2, 0.25) is 0 Å². The van der Waals surface area contributed by atoms with Crippen molar-refractivity contribution in [3.05, 3.63) is 0 Å². The van der Waals surface area contributed by atoms with Gasteiger partial charge in [-0.1, -0.05) is 0 Å². The van der Waals surface area contributed by atoms with E-state index in [1.807, 2.05) is 0 Å². The highest BCUT2D eigenvalue weighted by molar-refractivity contribution is 7.90. The molecule has 0 spiro atoms. The molecule has 0 bridgehead atoms. The van der Waals surface area contributed by atoms with Gasteiger partial charge in [0.05, 0.1) is 0 Å². The summed E-state index contributed by atoms with van der Waals surface area (Å²) >= 11 is 0. The number of nitrogens with zero attached hydrogens (tertiary/aromatic N) is 1. The molecule has 1 heterocycles. The largest absolute Gasteiger partial charge is 0.460 e. The monoisotopic (exact) mass is 468 g/mol. The number of hydrogen-bond donors (Lipinski definition) is 1. The fraction of sp³-hybridized carbons (Fsp3) is 1.00. The zero-order valence-corrected chi connectivity index (χ0v) is 13.7. The van der Waals surface area contributed by atoms with Crippen LogP contribution in [0.15, 0.2) is 0 Å². The molecule has 28 heavy (non-hydrogen) atoms. The van der Waals surface area contributed by atoms with Crippen molar-refractivity contribution in [1.29, 1.82) is 0 Å². The van der Waals surface area contributed by atoms with Crippen LogP contribution in [0.3, 0.4) is 0 Å². The average Bonchev–Trinajstić information content (AvgIpc) is 2.53. The first-order valence-corrected chi connectivity index (χ1v) is 8.21. The maximum atomic E-state index is 13.7. The van der Waals surface area contributed by atoms with Crippen molar-refractivity contribution < 1.29 is 65.5 Å². The first-order valence-electron chi connectivity index (χ1n) is 6.77. The van der Waals surface area contributed by atoms with Crippen LogP contribution in [-0.4, -0.2) is 74.0 Å². The van der Waals surface area contributed by atoms with Gasteiger partial charge in [-0.2, -0.15) is 61.4 Å². The van der Waals surface area contributed by atoms with E-state index in [4.69, 9.17) is 0 Å². The molecule has 1 fully saturated rings. The lowest BCUT2D eigenvalue weighted by Crippen LogP contribution is -2.72. The van der Waals surface area contributed by atoms with Crippen molar-refractivity contribution in [3.8, 4) is 0 Å². The Morgan fingerprint density at radius 2 is 0.964 bits per heavy atom. The molecule has 0 radical (unpaired) electrons. The Balaban J connectivity index is 3.53. The van der Waals surface area contributed by atoms with Gasteiger partial charge in [0.1, 0.15) is 0 Å². The summed E-state index contributed by atoms with van der Waals surface area (Å²) in [5.74, 6) is -32.0. The van der Waals surface area contributed by atoms with Crippen LogP contribution in [0.1, 0.15) is 0 Å². The molecule has 1 rings (SSSR count). The molecule has 1 aliphatic heterocycles. The Kier molecular flexibility index (Phi) is 6.02. The molecular formula is C10H9F13N2O2S. The van der Waals surface area contributed by atoms with Gasteiger partial charge in [0.15, 0.2) is 0 Å². The maximum Gasteiger partial charge on any atom is 0.460 e. The second-order valence-corrected chi connectivity index (χ2v) is 7.45. The van der Waals surface area contributed by atoms with Gasteiger partial charge < -0.3 is 5.32 Å². The minimum atomic E-state index is -8.14. The molecule has 0 aromatic rings. The van der Waals surface area contributed by atoms with Crippen LogP contribution in [0.5, 0.6) is 0 Å². The summed E-state index contributed by atoms with van der Waals surface area (Å²) < 4.78 is 191. The lowest BCUT2D eigenvalue weighted by Gasteiger charge is -2.40. The summed E-state index contributed by atoms with van der Waals surface area (Å²) in [6, 6.07) is 0. The van der Waals surface area contributed by atoms with Crippen molar-refractivity contribution in [1.82, 2.24) is 9.62 Å². The van der Waals surface area contributed by atoms with Gasteiger partial charge >= 0.3 is 35.1 Å². The average molecular weight is 468 g/mol. The van der Waals surface area contributed by atoms with Gasteiger partial charge in [-0.3, -0.25) is 0 Å². The third-order valence-electron chi connectivity index (χ3n) is 3.64. The van der Waals surface area contributed by atoms with E-state index >= 15 is 0 Å². The summed E-state index contributed by atoms with van der Waals surface area (Å²) in [7, 11) is -6.87. The second kappa shape index (κ2) is 6.75. The van der Waals surface area contributed by atoms with Crippen molar-refractivity contribution >= 4 is 10.0 Å². The van der Waals surface area contributed by atoms with Gasteiger partial charge in [0.25, 0.3) is 10.0 Å². The summed E-state index contributed by atoms with van der Waals surface area (Å²) in [4.78, 5) is 0. The topological polar surface area (TPSA) is 49.4 Å². The second-order valence-electron chi connectivity index (χ2n) is 5.47. The van der Waals surface area contributed by atoms with E-state index in [0.29, 0.717) is 0 Å². The molecule has 0 atom stereocenters. The molecule has 168 valence electrons. The first kappa shape index (κ1) is 25.0. The molecule has 1 N–H and O–H groups in total. The molecule has 18 heteroatoms. The third-order valence-corrected chi connectivity index (χ3v) is 5.59. The minimum absolute atomic E-state index is 0.459. The van der Waals surface area contributed by atoms with Crippen molar-refractivity contribution in [2.75, 3.05) is 26.2 Å². The van der Waals surface area contributed by atoms with E-state index in [-0.39, 0.29) is 0 Å². The maximum absolute atomic E-state index is 13.7. The van der Waals surface area contributed by atoms with E-state index < -0.39 is 75.6 Å². The van der Waals surface area contributed by atoms with E-state index in [9.17, 15) is 65.5 Å². The summed E-state index contributed by atoms with van der Waals surface area (Å²) in [5, 5.41) is -4.82. The first-order chi connectivity index (χ1) is 12.1. The number of rotatable bonds is 6. The van der Waals surface area contributed by atoms with Gasteiger partial charge in [0, 0.05) is 26.2 Å². The number of alkyl halides is 13. The number of piperazine rings is 1. The van der Waals surface area contributed by atoms with Crippen LogP contribution < -0.4 is 5.32 Å². The summed E-state index contributed by atoms with van der Waals surface area (Å²) in [6.45, 7) is -2.96. The van der Waals surface area contributed by atoms with Crippen LogP contribution >= 0.6 is 0 Å². The zero-order valence-electron chi connectivity index (χ0n) is 12.9. The molecule has 0 aliphatic carbocycles. The van der Waals surface area contributed by atoms with Crippen LogP contribution in [-0.2, 0) is 10.0 Å². The molecule has 0 aromatic carbocycles. The highest BCUT2D eigenvalue weighted by atomic mass is 32.2. The Hall–Kier alpha value is -1.04. The lowest BCUT2D eigenvalue weighted by atomic mass is 9.98. The fourth-order valence-corrected chi connectivity index (χ4v) is 3.40. The Bertz CT molecular complexity index is 682. The van der Waals surface area contributed by atoms with Crippen LogP contribution in [0, 0.1) is 0 Å². The SMILES string of the molecule is O=S(=O)(N1CCNCC1)C(F)(F)C(F)(F)C(F)(F)C(F)(F)C(F)(F)C(F)(F)F. The lowest BCUT2D eigenvalue weighted by molar-refractivity contribution is -0.433. The zero-order chi connectivity index (χ0) is 22.6. The summed E-state index contributed by atoms with van der Waals surface area (Å²) in [6.07, 6.45) is -7.55. The number of hydrogen-bond acceptors (Lipinski definition) is 3. The predicted molar refractivity (Wildman–Crippen MR) is 64.2 cm³/mol. The fourth-order valence-electron chi connectivity index (χ4n) is 1.96. The minimum Gasteiger partial charge on any atom is -0.314 e. The number of halogens is 13. The Labute approximate surface area is 147 Å². The quantitative estimate of drug-likeness (QED) is 0.611. The van der Waals surface area contributed by atoms with Crippen LogP contribution in [0.2, 0.25) is 0 Å². The van der Waals surface area contributed by atoms with E-state index in [1.165, 1.54) is 0 Å². The Morgan fingerprint density at radius 3 is 1.32 bits per heavy atom. The van der Waals surface area contributed by atoms with Crippen molar-refractivity contribution in [3.63, 3.8) is 0 Å². The molecule has 0 unspecified atom stereocenters. The molecule has 0 aromatic heterocycles. The molecular weight excluding hydrogens is 459 g/mol. The summed E-state index contributed by atoms with van der Waals surface area (Å²) in [5.41, 5.74) is 0. The molecule has 0 saturated carbocycles. The van der Waals surface area contributed by atoms with Crippen molar-refractivity contribution in [2.24, 2.45) is 0 Å². The van der Waals surface area contributed by atoms with Gasteiger partial charge in [-0.25, -0.2) is 8.42 Å². The third kappa shape index (κ3) is 3.20. The normalized spacial score (nSPS) is 19.8. The standard InChI is InChI=1S/C10H9F13N2O2S/c11-5(12,7(15,16)9(19,20)21)6(13,14)8(17,18)10(22,23)28(26,27)25-3-1-24-2-4-25/h24H,1-4H2. The molecule has 1 saturated heterocycles. The van der Waals surface area contributed by atoms with Crippen LogP contribution in [0.25, 0.3) is 0 Å². The van der Waals surface area contributed by atoms with E-state index in [0.717, 1.165) is 0 Å². The number of nitrogens with one attached hydrogen (secondary N) is 1. The van der Waals surface area contributed by atoms with E-state index in [1.54, 1.807) is 0 Å². The molecule has 1 aliphatic rings. The predicted octanol–water partition coefficient (Wildman–Crippen LogP) is 2.92. The highest BCUT2D eigenvalue weighted by Gasteiger charge is 2.92. The van der Waals surface area contributed by atoms with E-state index in [2.05, 4.69) is 5.32 Å². The van der Waals surface area contributed by atoms with Gasteiger partial charge in [-0.05, 0) is 0 Å². The Morgan fingerprint density at radius 1 is 0.607 bits per heavy atom.